The maximum Gasteiger partial charge on any atom is 0.119 e. The zero-order chi connectivity index (χ0) is 13.7. The molecule has 1 saturated heterocycles. The van der Waals surface area contributed by atoms with Crippen molar-refractivity contribution >= 4 is 15.9 Å². The first kappa shape index (κ1) is 14.8. The molecular formula is C14H20BrNO3. The molecule has 1 aromatic carbocycles. The van der Waals surface area contributed by atoms with Gasteiger partial charge in [-0.05, 0) is 31.2 Å². The minimum absolute atomic E-state index is 0.104. The molecule has 0 bridgehead atoms. The second kappa shape index (κ2) is 6.70. The Morgan fingerprint density at radius 2 is 2.21 bits per heavy atom. The lowest BCUT2D eigenvalue weighted by atomic mass is 9.97. The van der Waals surface area contributed by atoms with E-state index in [-0.39, 0.29) is 6.10 Å². The number of aliphatic hydroxyl groups is 1. The van der Waals surface area contributed by atoms with E-state index in [2.05, 4.69) is 21.2 Å². The summed E-state index contributed by atoms with van der Waals surface area (Å²) in [6.07, 6.45) is 0.585. The van der Waals surface area contributed by atoms with E-state index in [0.29, 0.717) is 32.7 Å². The van der Waals surface area contributed by atoms with Crippen LogP contribution in [0.1, 0.15) is 13.3 Å². The van der Waals surface area contributed by atoms with Crippen LogP contribution in [0.25, 0.3) is 0 Å². The van der Waals surface area contributed by atoms with Crippen molar-refractivity contribution in [1.82, 2.24) is 5.32 Å². The number of nitrogens with one attached hydrogen (secondary N) is 1. The van der Waals surface area contributed by atoms with Crippen LogP contribution in [0, 0.1) is 0 Å². The van der Waals surface area contributed by atoms with Crippen LogP contribution in [0.4, 0.5) is 0 Å². The monoisotopic (exact) mass is 329 g/mol. The highest BCUT2D eigenvalue weighted by molar-refractivity contribution is 9.10. The summed E-state index contributed by atoms with van der Waals surface area (Å²) in [5.41, 5.74) is -0.738. The molecule has 0 aromatic heterocycles. The van der Waals surface area contributed by atoms with Crippen molar-refractivity contribution in [2.45, 2.75) is 25.0 Å². The summed E-state index contributed by atoms with van der Waals surface area (Å²) in [5.74, 6) is 0.848. The maximum atomic E-state index is 10.3. The van der Waals surface area contributed by atoms with Crippen molar-refractivity contribution in [3.05, 3.63) is 28.7 Å². The first-order valence-electron chi connectivity index (χ1n) is 6.53. The summed E-state index contributed by atoms with van der Waals surface area (Å²) in [6.45, 7) is 4.36. The fourth-order valence-corrected chi connectivity index (χ4v) is 2.34. The van der Waals surface area contributed by atoms with Crippen LogP contribution < -0.4 is 10.1 Å². The summed E-state index contributed by atoms with van der Waals surface area (Å²) in [4.78, 5) is 0. The van der Waals surface area contributed by atoms with Crippen LogP contribution in [-0.4, -0.2) is 43.1 Å². The van der Waals surface area contributed by atoms with Gasteiger partial charge in [0, 0.05) is 30.6 Å². The van der Waals surface area contributed by atoms with Crippen LogP contribution in [0.15, 0.2) is 28.7 Å². The van der Waals surface area contributed by atoms with Gasteiger partial charge >= 0.3 is 0 Å². The predicted octanol–water partition coefficient (Wildman–Crippen LogP) is 1.96. The minimum atomic E-state index is -0.738. The Kier molecular flexibility index (Phi) is 5.21. The number of ether oxygens (including phenoxy) is 2. The molecule has 1 heterocycles. The smallest absolute Gasteiger partial charge is 0.119 e. The van der Waals surface area contributed by atoms with Crippen molar-refractivity contribution in [3.8, 4) is 5.75 Å². The summed E-state index contributed by atoms with van der Waals surface area (Å²) >= 11 is 3.38. The van der Waals surface area contributed by atoms with Crippen LogP contribution in [0.3, 0.4) is 0 Å². The second-order valence-electron chi connectivity index (χ2n) is 4.85. The van der Waals surface area contributed by atoms with Crippen LogP contribution in [0.2, 0.25) is 0 Å². The quantitative estimate of drug-likeness (QED) is 0.783. The normalized spacial score (nSPS) is 26.6. The average Bonchev–Trinajstić information content (AvgIpc) is 2.72. The van der Waals surface area contributed by atoms with Crippen LogP contribution in [0.5, 0.6) is 5.75 Å². The van der Waals surface area contributed by atoms with E-state index in [4.69, 9.17) is 9.47 Å². The Bertz CT molecular complexity index is 398. The van der Waals surface area contributed by atoms with Gasteiger partial charge < -0.3 is 19.9 Å². The molecule has 19 heavy (non-hydrogen) atoms. The molecule has 2 unspecified atom stereocenters. The average molecular weight is 330 g/mol. The van der Waals surface area contributed by atoms with Gasteiger partial charge in [-0.2, -0.15) is 0 Å². The number of hydrogen-bond acceptors (Lipinski definition) is 4. The highest BCUT2D eigenvalue weighted by Crippen LogP contribution is 2.24. The topological polar surface area (TPSA) is 50.7 Å². The van der Waals surface area contributed by atoms with E-state index in [9.17, 15) is 5.11 Å². The fourth-order valence-electron chi connectivity index (χ4n) is 2.08. The third kappa shape index (κ3) is 4.18. The number of rotatable bonds is 6. The number of hydrogen-bond donors (Lipinski definition) is 2. The lowest BCUT2D eigenvalue weighted by molar-refractivity contribution is -0.0263. The lowest BCUT2D eigenvalue weighted by Gasteiger charge is -2.26. The Labute approximate surface area is 122 Å². The molecule has 0 amide bonds. The number of benzene rings is 1. The molecule has 0 aliphatic carbocycles. The van der Waals surface area contributed by atoms with E-state index in [1.54, 1.807) is 0 Å². The molecule has 2 atom stereocenters. The first-order valence-corrected chi connectivity index (χ1v) is 7.32. The molecule has 0 radical (unpaired) electrons. The van der Waals surface area contributed by atoms with E-state index < -0.39 is 5.60 Å². The van der Waals surface area contributed by atoms with E-state index in [0.717, 1.165) is 10.2 Å². The molecule has 5 heteroatoms. The molecular weight excluding hydrogens is 310 g/mol. The van der Waals surface area contributed by atoms with Crippen LogP contribution in [-0.2, 0) is 4.74 Å². The zero-order valence-electron chi connectivity index (χ0n) is 11.1. The third-order valence-electron chi connectivity index (χ3n) is 3.45. The Morgan fingerprint density at radius 3 is 2.84 bits per heavy atom. The van der Waals surface area contributed by atoms with E-state index in [1.165, 1.54) is 0 Å². The first-order chi connectivity index (χ1) is 9.10. The van der Waals surface area contributed by atoms with Gasteiger partial charge in [0.15, 0.2) is 0 Å². The van der Waals surface area contributed by atoms with Crippen molar-refractivity contribution in [2.75, 3.05) is 26.3 Å². The van der Waals surface area contributed by atoms with Gasteiger partial charge in [-0.25, -0.2) is 0 Å². The van der Waals surface area contributed by atoms with Gasteiger partial charge in [0.25, 0.3) is 0 Å². The van der Waals surface area contributed by atoms with E-state index in [1.807, 2.05) is 31.2 Å². The molecule has 2 rings (SSSR count). The Morgan fingerprint density at radius 1 is 1.47 bits per heavy atom. The van der Waals surface area contributed by atoms with Gasteiger partial charge in [0.2, 0.25) is 0 Å². The molecule has 1 aliphatic heterocycles. The molecule has 2 N–H and O–H groups in total. The third-order valence-corrected chi connectivity index (χ3v) is 3.98. The molecule has 4 nitrogen and oxygen atoms in total. The van der Waals surface area contributed by atoms with Gasteiger partial charge in [0.05, 0.1) is 6.10 Å². The molecule has 106 valence electrons. The molecule has 0 spiro atoms. The van der Waals surface area contributed by atoms with Gasteiger partial charge in [-0.1, -0.05) is 15.9 Å². The summed E-state index contributed by atoms with van der Waals surface area (Å²) < 4.78 is 12.0. The lowest BCUT2D eigenvalue weighted by Crippen LogP contribution is -2.46. The van der Waals surface area contributed by atoms with Crippen molar-refractivity contribution in [2.24, 2.45) is 0 Å². The van der Waals surface area contributed by atoms with E-state index >= 15 is 0 Å². The molecule has 1 fully saturated rings. The largest absolute Gasteiger partial charge is 0.492 e. The standard InChI is InChI=1S/C14H20BrNO3/c1-11-14(17,6-8-18-11)10-16-7-9-19-13-4-2-12(15)3-5-13/h2-5,11,16-17H,6-10H2,1H3. The van der Waals surface area contributed by atoms with Crippen molar-refractivity contribution in [1.29, 1.82) is 0 Å². The minimum Gasteiger partial charge on any atom is -0.492 e. The van der Waals surface area contributed by atoms with Crippen molar-refractivity contribution in [3.63, 3.8) is 0 Å². The molecule has 1 aromatic rings. The highest BCUT2D eigenvalue weighted by Gasteiger charge is 2.38. The predicted molar refractivity (Wildman–Crippen MR) is 77.5 cm³/mol. The Balaban J connectivity index is 1.63. The second-order valence-corrected chi connectivity index (χ2v) is 5.76. The zero-order valence-corrected chi connectivity index (χ0v) is 12.6. The summed E-state index contributed by atoms with van der Waals surface area (Å²) in [7, 11) is 0. The molecule has 1 aliphatic rings. The van der Waals surface area contributed by atoms with Crippen molar-refractivity contribution < 1.29 is 14.6 Å². The SMILES string of the molecule is CC1OCCC1(O)CNCCOc1ccc(Br)cc1. The fraction of sp³-hybridized carbons (Fsp3) is 0.571. The summed E-state index contributed by atoms with van der Waals surface area (Å²) in [6, 6.07) is 7.74. The van der Waals surface area contributed by atoms with Crippen LogP contribution >= 0.6 is 15.9 Å². The number of halogens is 1. The maximum absolute atomic E-state index is 10.3. The van der Waals surface area contributed by atoms with Gasteiger partial charge in [0.1, 0.15) is 18.0 Å². The Hall–Kier alpha value is -0.620. The van der Waals surface area contributed by atoms with Gasteiger partial charge in [-0.15, -0.1) is 0 Å². The summed E-state index contributed by atoms with van der Waals surface area (Å²) in [5, 5.41) is 13.5. The molecule has 0 saturated carbocycles. The van der Waals surface area contributed by atoms with Gasteiger partial charge in [-0.3, -0.25) is 0 Å². The highest BCUT2D eigenvalue weighted by atomic mass is 79.9.